The lowest BCUT2D eigenvalue weighted by Crippen LogP contribution is -2.32. The van der Waals surface area contributed by atoms with E-state index in [4.69, 9.17) is 12.8 Å². The zero-order chi connectivity index (χ0) is 14.3. The molecule has 1 aromatic carbocycles. The summed E-state index contributed by atoms with van der Waals surface area (Å²) in [7, 11) is 0. The molecule has 19 heavy (non-hydrogen) atoms. The zero-order valence-electron chi connectivity index (χ0n) is 10.3. The van der Waals surface area contributed by atoms with Gasteiger partial charge in [-0.15, -0.1) is 12.8 Å². The van der Waals surface area contributed by atoms with Crippen LogP contribution in [0.1, 0.15) is 18.1 Å². The fraction of sp³-hybridized carbons (Fsp3) is 0.267. The maximum atomic E-state index is 13.0. The van der Waals surface area contributed by atoms with Gasteiger partial charge in [-0.05, 0) is 17.7 Å². The molecule has 98 valence electrons. The molecule has 4 heteroatoms. The monoisotopic (exact) mass is 259 g/mol. The number of benzene rings is 1. The van der Waals surface area contributed by atoms with Crippen molar-refractivity contribution in [2.45, 2.75) is 12.5 Å². The summed E-state index contributed by atoms with van der Waals surface area (Å²) in [5.74, 6) is 3.81. The van der Waals surface area contributed by atoms with Crippen molar-refractivity contribution in [2.24, 2.45) is 0 Å². The molecule has 1 N–H and O–H groups in total. The molecule has 1 atom stereocenters. The van der Waals surface area contributed by atoms with Crippen LogP contribution in [0, 0.1) is 30.5 Å². The second-order valence-electron chi connectivity index (χ2n) is 3.93. The Balaban J connectivity index is 2.70. The number of aliphatic hydroxyl groups is 1. The molecule has 1 aromatic rings. The zero-order valence-corrected chi connectivity index (χ0v) is 10.3. The average molecular weight is 259 g/mol. The quantitative estimate of drug-likeness (QED) is 0.811. The third kappa shape index (κ3) is 4.46. The summed E-state index contributed by atoms with van der Waals surface area (Å²) in [6, 6.07) is 5.47. The van der Waals surface area contributed by atoms with Gasteiger partial charge >= 0.3 is 0 Å². The molecule has 3 nitrogen and oxygen atoms in total. The Morgan fingerprint density at radius 1 is 1.37 bits per heavy atom. The minimum Gasteiger partial charge on any atom is -0.388 e. The van der Waals surface area contributed by atoms with Crippen LogP contribution in [-0.2, 0) is 4.79 Å². The second-order valence-corrected chi connectivity index (χ2v) is 3.93. The first-order valence-corrected chi connectivity index (χ1v) is 5.66. The van der Waals surface area contributed by atoms with Gasteiger partial charge in [-0.25, -0.2) is 4.39 Å². The lowest BCUT2D eigenvalue weighted by Gasteiger charge is -2.19. The van der Waals surface area contributed by atoms with Gasteiger partial charge in [0.1, 0.15) is 5.82 Å². The van der Waals surface area contributed by atoms with Crippen molar-refractivity contribution in [2.75, 3.05) is 13.1 Å². The molecule has 0 heterocycles. The fourth-order valence-corrected chi connectivity index (χ4v) is 1.58. The molecule has 0 aromatic heterocycles. The Morgan fingerprint density at radius 2 is 2.00 bits per heavy atom. The summed E-state index contributed by atoms with van der Waals surface area (Å²) in [5.41, 5.74) is 0.342. The minimum atomic E-state index is -1.08. The average Bonchev–Trinajstić information content (AvgIpc) is 2.38. The first-order chi connectivity index (χ1) is 9.08. The van der Waals surface area contributed by atoms with Gasteiger partial charge in [0.05, 0.1) is 25.6 Å². The van der Waals surface area contributed by atoms with E-state index >= 15 is 0 Å². The fourth-order valence-electron chi connectivity index (χ4n) is 1.58. The molecule has 0 saturated carbocycles. The molecule has 0 fully saturated rings. The number of carbonyl (C=O) groups excluding carboxylic acids is 1. The molecule has 1 unspecified atom stereocenters. The van der Waals surface area contributed by atoms with Crippen LogP contribution in [-0.4, -0.2) is 29.0 Å². The highest BCUT2D eigenvalue weighted by Crippen LogP contribution is 2.18. The van der Waals surface area contributed by atoms with Gasteiger partial charge in [0.15, 0.2) is 0 Å². The van der Waals surface area contributed by atoms with E-state index in [1.165, 1.54) is 23.1 Å². The Bertz CT molecular complexity index is 512. The highest BCUT2D eigenvalue weighted by molar-refractivity contribution is 5.77. The number of rotatable bonds is 5. The highest BCUT2D eigenvalue weighted by Gasteiger charge is 2.18. The Morgan fingerprint density at radius 3 is 2.53 bits per heavy atom. The van der Waals surface area contributed by atoms with E-state index in [9.17, 15) is 14.3 Å². The van der Waals surface area contributed by atoms with Gasteiger partial charge in [-0.2, -0.15) is 0 Å². The Labute approximate surface area is 112 Å². The number of amides is 1. The van der Waals surface area contributed by atoms with Gasteiger partial charge in [-0.3, -0.25) is 4.79 Å². The number of hydrogen-bond acceptors (Lipinski definition) is 2. The van der Waals surface area contributed by atoms with E-state index in [0.29, 0.717) is 5.56 Å². The van der Waals surface area contributed by atoms with E-state index < -0.39 is 11.9 Å². The topological polar surface area (TPSA) is 40.5 Å². The van der Waals surface area contributed by atoms with Gasteiger partial charge in [0.2, 0.25) is 5.91 Å². The first-order valence-electron chi connectivity index (χ1n) is 5.66. The van der Waals surface area contributed by atoms with Crippen molar-refractivity contribution < 1.29 is 14.3 Å². The molecule has 0 spiro atoms. The van der Waals surface area contributed by atoms with Crippen molar-refractivity contribution in [3.8, 4) is 24.7 Å². The van der Waals surface area contributed by atoms with E-state index in [-0.39, 0.29) is 25.4 Å². The number of nitrogens with zero attached hydrogens (tertiary/aromatic N) is 1. The first kappa shape index (κ1) is 14.8. The number of carbonyl (C=O) groups is 1. The maximum absolute atomic E-state index is 13.0. The lowest BCUT2D eigenvalue weighted by atomic mass is 10.1. The summed E-state index contributed by atoms with van der Waals surface area (Å²) in [4.78, 5) is 13.2. The Hall–Kier alpha value is -2.30. The smallest absolute Gasteiger partial charge is 0.227 e. The van der Waals surface area contributed by atoms with E-state index in [1.54, 1.807) is 6.07 Å². The Kier molecular flexibility index (Phi) is 5.60. The summed E-state index contributed by atoms with van der Waals surface area (Å²) in [6.07, 6.45) is 9.00. The van der Waals surface area contributed by atoms with Crippen molar-refractivity contribution in [3.05, 3.63) is 35.6 Å². The van der Waals surface area contributed by atoms with Crippen LogP contribution < -0.4 is 0 Å². The largest absolute Gasteiger partial charge is 0.388 e. The van der Waals surface area contributed by atoms with Crippen LogP contribution in [0.4, 0.5) is 4.39 Å². The number of terminal acetylenes is 2. The molecule has 0 saturated heterocycles. The van der Waals surface area contributed by atoms with Crippen molar-refractivity contribution in [1.29, 1.82) is 0 Å². The summed E-state index contributed by atoms with van der Waals surface area (Å²) < 4.78 is 13.0. The normalized spacial score (nSPS) is 11.2. The van der Waals surface area contributed by atoms with Gasteiger partial charge < -0.3 is 10.0 Å². The highest BCUT2D eigenvalue weighted by atomic mass is 19.1. The molecule has 1 rings (SSSR count). The minimum absolute atomic E-state index is 0.0822. The molecular formula is C15H14FNO2. The van der Waals surface area contributed by atoms with E-state index in [2.05, 4.69) is 11.8 Å². The predicted molar refractivity (Wildman–Crippen MR) is 70.2 cm³/mol. The molecule has 0 aliphatic heterocycles. The van der Waals surface area contributed by atoms with Crippen molar-refractivity contribution >= 4 is 5.91 Å². The molecular weight excluding hydrogens is 245 g/mol. The van der Waals surface area contributed by atoms with Gasteiger partial charge in [-0.1, -0.05) is 24.0 Å². The van der Waals surface area contributed by atoms with Crippen LogP contribution in [0.25, 0.3) is 0 Å². The molecule has 1 amide bonds. The standard InChI is InChI=1S/C15H14FNO2/c1-3-8-17(9-4-2)15(19)11-14(18)12-6-5-7-13(16)10-12/h1-2,5-7,10,14,18H,8-9,11H2. The van der Waals surface area contributed by atoms with Crippen LogP contribution >= 0.6 is 0 Å². The maximum Gasteiger partial charge on any atom is 0.227 e. The summed E-state index contributed by atoms with van der Waals surface area (Å²) in [6.45, 7) is 0.164. The van der Waals surface area contributed by atoms with Crippen LogP contribution in [0.3, 0.4) is 0 Å². The van der Waals surface area contributed by atoms with E-state index in [1.807, 2.05) is 0 Å². The summed E-state index contributed by atoms with van der Waals surface area (Å²) >= 11 is 0. The molecule has 0 aliphatic carbocycles. The third-order valence-corrected chi connectivity index (χ3v) is 2.52. The van der Waals surface area contributed by atoms with Crippen LogP contribution in [0.5, 0.6) is 0 Å². The third-order valence-electron chi connectivity index (χ3n) is 2.52. The van der Waals surface area contributed by atoms with Gasteiger partial charge in [0.25, 0.3) is 0 Å². The number of halogens is 1. The van der Waals surface area contributed by atoms with Crippen molar-refractivity contribution in [1.82, 2.24) is 4.90 Å². The lowest BCUT2D eigenvalue weighted by molar-refractivity contribution is -0.132. The molecule has 0 bridgehead atoms. The SMILES string of the molecule is C#CCN(CC#C)C(=O)CC(O)c1cccc(F)c1. The van der Waals surface area contributed by atoms with Crippen LogP contribution in [0.2, 0.25) is 0 Å². The number of hydrogen-bond donors (Lipinski definition) is 1. The second kappa shape index (κ2) is 7.20. The van der Waals surface area contributed by atoms with Gasteiger partial charge in [0, 0.05) is 0 Å². The number of aliphatic hydroxyl groups excluding tert-OH is 1. The van der Waals surface area contributed by atoms with Crippen molar-refractivity contribution in [3.63, 3.8) is 0 Å². The predicted octanol–water partition coefficient (Wildman–Crippen LogP) is 1.34. The molecule has 0 aliphatic rings. The van der Waals surface area contributed by atoms with Crippen LogP contribution in [0.15, 0.2) is 24.3 Å². The molecule has 0 radical (unpaired) electrons. The van der Waals surface area contributed by atoms with E-state index in [0.717, 1.165) is 0 Å². The summed E-state index contributed by atoms with van der Waals surface area (Å²) in [5, 5.41) is 9.88.